The number of carbonyl (C=O) groups is 1. The molecule has 0 radical (unpaired) electrons. The fraction of sp³-hybridized carbons (Fsp3) is 0.133. The summed E-state index contributed by atoms with van der Waals surface area (Å²) in [5.74, 6) is -2.28. The number of hydrogen-bond acceptors (Lipinski definition) is 1. The van der Waals surface area contributed by atoms with Gasteiger partial charge in [0.15, 0.2) is 11.6 Å². The van der Waals surface area contributed by atoms with E-state index in [4.69, 9.17) is 0 Å². The van der Waals surface area contributed by atoms with Gasteiger partial charge in [-0.2, -0.15) is 0 Å². The van der Waals surface area contributed by atoms with Crippen molar-refractivity contribution in [3.8, 4) is 0 Å². The number of amides is 1. The summed E-state index contributed by atoms with van der Waals surface area (Å²) in [5.41, 5.74) is 2.79. The molecule has 98 valence electrons. The van der Waals surface area contributed by atoms with Gasteiger partial charge in [0.1, 0.15) is 0 Å². The summed E-state index contributed by atoms with van der Waals surface area (Å²) < 4.78 is 25.8. The van der Waals surface area contributed by atoms with E-state index in [1.807, 2.05) is 19.9 Å². The van der Waals surface area contributed by atoms with E-state index in [1.165, 1.54) is 6.07 Å². The Kier molecular flexibility index (Phi) is 3.60. The van der Waals surface area contributed by atoms with Gasteiger partial charge >= 0.3 is 0 Å². The van der Waals surface area contributed by atoms with Gasteiger partial charge in [0.2, 0.25) is 0 Å². The standard InChI is InChI=1S/C15H13F2NO/c1-9-3-4-11(7-10(9)2)15(19)18-12-5-6-13(16)14(17)8-12/h3-8H,1-2H3,(H,18,19). The molecule has 0 aliphatic rings. The van der Waals surface area contributed by atoms with Crippen LogP contribution in [-0.4, -0.2) is 5.91 Å². The molecule has 19 heavy (non-hydrogen) atoms. The van der Waals surface area contributed by atoms with Crippen molar-refractivity contribution in [1.29, 1.82) is 0 Å². The highest BCUT2D eigenvalue weighted by Crippen LogP contribution is 2.15. The van der Waals surface area contributed by atoms with Crippen LogP contribution in [0.1, 0.15) is 21.5 Å². The maximum Gasteiger partial charge on any atom is 0.255 e. The number of rotatable bonds is 2. The van der Waals surface area contributed by atoms with Crippen LogP contribution in [0, 0.1) is 25.5 Å². The summed E-state index contributed by atoms with van der Waals surface area (Å²) >= 11 is 0. The molecular formula is C15H13F2NO. The molecule has 2 nitrogen and oxygen atoms in total. The van der Waals surface area contributed by atoms with E-state index in [2.05, 4.69) is 5.32 Å². The molecule has 0 spiro atoms. The summed E-state index contributed by atoms with van der Waals surface area (Å²) in [7, 11) is 0. The molecule has 0 bridgehead atoms. The van der Waals surface area contributed by atoms with Crippen molar-refractivity contribution in [2.24, 2.45) is 0 Å². The van der Waals surface area contributed by atoms with Gasteiger partial charge in [-0.05, 0) is 49.2 Å². The van der Waals surface area contributed by atoms with Crippen LogP contribution in [0.2, 0.25) is 0 Å². The van der Waals surface area contributed by atoms with Crippen molar-refractivity contribution in [3.63, 3.8) is 0 Å². The van der Waals surface area contributed by atoms with Crippen molar-refractivity contribution < 1.29 is 13.6 Å². The Morgan fingerprint density at radius 3 is 2.32 bits per heavy atom. The maximum absolute atomic E-state index is 13.0. The summed E-state index contributed by atoms with van der Waals surface area (Å²) in [5, 5.41) is 2.53. The number of aryl methyl sites for hydroxylation is 2. The van der Waals surface area contributed by atoms with Crippen molar-refractivity contribution in [2.45, 2.75) is 13.8 Å². The van der Waals surface area contributed by atoms with Gasteiger partial charge in [-0.3, -0.25) is 4.79 Å². The van der Waals surface area contributed by atoms with Crippen LogP contribution in [0.15, 0.2) is 36.4 Å². The largest absolute Gasteiger partial charge is 0.322 e. The van der Waals surface area contributed by atoms with Crippen LogP contribution in [0.5, 0.6) is 0 Å². The van der Waals surface area contributed by atoms with Gasteiger partial charge in [-0.1, -0.05) is 6.07 Å². The van der Waals surface area contributed by atoms with Crippen LogP contribution in [0.3, 0.4) is 0 Å². The van der Waals surface area contributed by atoms with E-state index in [0.29, 0.717) is 5.56 Å². The monoisotopic (exact) mass is 261 g/mol. The lowest BCUT2D eigenvalue weighted by atomic mass is 10.1. The Bertz CT molecular complexity index is 638. The quantitative estimate of drug-likeness (QED) is 0.874. The molecule has 1 amide bonds. The highest BCUT2D eigenvalue weighted by molar-refractivity contribution is 6.04. The Hall–Kier alpha value is -2.23. The average Bonchev–Trinajstić information content (AvgIpc) is 2.37. The minimum atomic E-state index is -0.988. The molecule has 2 rings (SSSR count). The van der Waals surface area contributed by atoms with Crippen molar-refractivity contribution in [2.75, 3.05) is 5.32 Å². The van der Waals surface area contributed by atoms with E-state index in [1.54, 1.807) is 12.1 Å². The van der Waals surface area contributed by atoms with E-state index in [0.717, 1.165) is 23.3 Å². The van der Waals surface area contributed by atoms with Crippen molar-refractivity contribution in [3.05, 3.63) is 64.7 Å². The predicted octanol–water partition coefficient (Wildman–Crippen LogP) is 3.83. The molecule has 0 heterocycles. The number of nitrogens with one attached hydrogen (secondary N) is 1. The van der Waals surface area contributed by atoms with Crippen molar-refractivity contribution >= 4 is 11.6 Å². The Balaban J connectivity index is 2.20. The molecule has 0 aromatic heterocycles. The minimum Gasteiger partial charge on any atom is -0.322 e. The number of benzene rings is 2. The SMILES string of the molecule is Cc1ccc(C(=O)Nc2ccc(F)c(F)c2)cc1C. The first-order valence-corrected chi connectivity index (χ1v) is 5.81. The second kappa shape index (κ2) is 5.18. The Labute approximate surface area is 110 Å². The molecule has 0 atom stereocenters. The first kappa shape index (κ1) is 13.2. The molecule has 0 aliphatic heterocycles. The summed E-state index contributed by atoms with van der Waals surface area (Å²) in [6.07, 6.45) is 0. The molecule has 2 aromatic rings. The van der Waals surface area contributed by atoms with Crippen molar-refractivity contribution in [1.82, 2.24) is 0 Å². The zero-order chi connectivity index (χ0) is 14.0. The number of hydrogen-bond donors (Lipinski definition) is 1. The molecule has 4 heteroatoms. The van der Waals surface area contributed by atoms with E-state index < -0.39 is 11.6 Å². The third kappa shape index (κ3) is 2.96. The second-order valence-corrected chi connectivity index (χ2v) is 4.38. The number of halogens is 2. The average molecular weight is 261 g/mol. The Morgan fingerprint density at radius 2 is 1.68 bits per heavy atom. The molecule has 0 saturated heterocycles. The highest BCUT2D eigenvalue weighted by atomic mass is 19.2. The molecule has 0 saturated carbocycles. The number of anilines is 1. The highest BCUT2D eigenvalue weighted by Gasteiger charge is 2.09. The first-order valence-electron chi connectivity index (χ1n) is 5.81. The lowest BCUT2D eigenvalue weighted by molar-refractivity contribution is 0.102. The molecule has 0 fully saturated rings. The molecule has 0 unspecified atom stereocenters. The minimum absolute atomic E-state index is 0.224. The third-order valence-electron chi connectivity index (χ3n) is 2.95. The fourth-order valence-corrected chi connectivity index (χ4v) is 1.66. The van der Waals surface area contributed by atoms with Gasteiger partial charge in [-0.15, -0.1) is 0 Å². The Morgan fingerprint density at radius 1 is 0.947 bits per heavy atom. The zero-order valence-electron chi connectivity index (χ0n) is 10.6. The summed E-state index contributed by atoms with van der Waals surface area (Å²) in [4.78, 5) is 11.9. The van der Waals surface area contributed by atoms with E-state index in [-0.39, 0.29) is 11.6 Å². The zero-order valence-corrected chi connectivity index (χ0v) is 10.6. The topological polar surface area (TPSA) is 29.1 Å². The van der Waals surface area contributed by atoms with E-state index >= 15 is 0 Å². The summed E-state index contributed by atoms with van der Waals surface area (Å²) in [6.45, 7) is 3.86. The van der Waals surface area contributed by atoms with Gasteiger partial charge in [0.05, 0.1) is 0 Å². The molecular weight excluding hydrogens is 248 g/mol. The first-order chi connectivity index (χ1) is 8.97. The maximum atomic E-state index is 13.0. The molecule has 0 aliphatic carbocycles. The van der Waals surface area contributed by atoms with Crippen LogP contribution in [0.25, 0.3) is 0 Å². The van der Waals surface area contributed by atoms with Gasteiger partial charge < -0.3 is 5.32 Å². The van der Waals surface area contributed by atoms with Gasteiger partial charge in [0.25, 0.3) is 5.91 Å². The lowest BCUT2D eigenvalue weighted by Gasteiger charge is -2.07. The smallest absolute Gasteiger partial charge is 0.255 e. The molecule has 2 aromatic carbocycles. The third-order valence-corrected chi connectivity index (χ3v) is 2.95. The van der Waals surface area contributed by atoms with Gasteiger partial charge in [0, 0.05) is 17.3 Å². The second-order valence-electron chi connectivity index (χ2n) is 4.38. The van der Waals surface area contributed by atoms with Crippen LogP contribution < -0.4 is 5.32 Å². The summed E-state index contributed by atoms with van der Waals surface area (Å²) in [6, 6.07) is 8.54. The predicted molar refractivity (Wildman–Crippen MR) is 70.2 cm³/mol. The normalized spacial score (nSPS) is 10.3. The number of carbonyl (C=O) groups excluding carboxylic acids is 1. The fourth-order valence-electron chi connectivity index (χ4n) is 1.66. The molecule has 1 N–H and O–H groups in total. The lowest BCUT2D eigenvalue weighted by Crippen LogP contribution is -2.12. The van der Waals surface area contributed by atoms with E-state index in [9.17, 15) is 13.6 Å². The van der Waals surface area contributed by atoms with Crippen LogP contribution >= 0.6 is 0 Å². The van der Waals surface area contributed by atoms with Gasteiger partial charge in [-0.25, -0.2) is 8.78 Å². The van der Waals surface area contributed by atoms with Crippen LogP contribution in [0.4, 0.5) is 14.5 Å². The van der Waals surface area contributed by atoms with Crippen LogP contribution in [-0.2, 0) is 0 Å².